The molecule has 194 valence electrons. The predicted molar refractivity (Wildman–Crippen MR) is 147 cm³/mol. The Labute approximate surface area is 219 Å². The summed E-state index contributed by atoms with van der Waals surface area (Å²) in [5, 5.41) is 3.06. The van der Waals surface area contributed by atoms with Crippen LogP contribution in [0.1, 0.15) is 44.2 Å². The number of rotatable bonds is 15. The highest BCUT2D eigenvalue weighted by molar-refractivity contribution is 6.32. The fourth-order valence-electron chi connectivity index (χ4n) is 3.78. The number of aliphatic imine (C=N–C) groups is 1. The number of para-hydroxylation sites is 1. The van der Waals surface area contributed by atoms with Gasteiger partial charge in [0.15, 0.2) is 5.82 Å². The average molecular weight is 514 g/mol. The number of aryl methyl sites for hydroxylation is 1. The highest BCUT2D eigenvalue weighted by atomic mass is 35.5. The van der Waals surface area contributed by atoms with Gasteiger partial charge in [0.25, 0.3) is 0 Å². The average Bonchev–Trinajstić information content (AvgIpc) is 2.88. The number of hydrogen-bond acceptors (Lipinski definition) is 5. The van der Waals surface area contributed by atoms with Crippen LogP contribution in [0.3, 0.4) is 0 Å². The summed E-state index contributed by atoms with van der Waals surface area (Å²) in [5.41, 5.74) is 2.16. The van der Waals surface area contributed by atoms with Crippen molar-refractivity contribution in [3.63, 3.8) is 0 Å². The van der Waals surface area contributed by atoms with Crippen molar-refractivity contribution in [2.24, 2.45) is 4.99 Å². The summed E-state index contributed by atoms with van der Waals surface area (Å²) in [6.07, 6.45) is 5.73. The number of aromatic nitrogens is 1. The molecular formula is C27H36ClN5O3. The van der Waals surface area contributed by atoms with E-state index < -0.39 is 0 Å². The lowest BCUT2D eigenvalue weighted by Crippen LogP contribution is -2.45. The number of anilines is 2. The van der Waals surface area contributed by atoms with Crippen LogP contribution < -0.4 is 15.0 Å². The first-order valence-electron chi connectivity index (χ1n) is 12.1. The van der Waals surface area contributed by atoms with E-state index in [-0.39, 0.29) is 11.9 Å². The van der Waals surface area contributed by atoms with Crippen molar-refractivity contribution in [3.8, 4) is 5.88 Å². The van der Waals surface area contributed by atoms with E-state index in [0.29, 0.717) is 60.5 Å². The molecule has 1 aromatic heterocycles. The lowest BCUT2D eigenvalue weighted by molar-refractivity contribution is -0.109. The van der Waals surface area contributed by atoms with E-state index in [2.05, 4.69) is 23.8 Å². The van der Waals surface area contributed by atoms with Gasteiger partial charge in [0.05, 0.1) is 17.9 Å². The van der Waals surface area contributed by atoms with Gasteiger partial charge in [-0.3, -0.25) is 19.5 Å². The summed E-state index contributed by atoms with van der Waals surface area (Å²) >= 11 is 6.64. The molecule has 0 saturated carbocycles. The summed E-state index contributed by atoms with van der Waals surface area (Å²) in [4.78, 5) is 36.3. The summed E-state index contributed by atoms with van der Waals surface area (Å²) in [5.74, 6) is 1.20. The van der Waals surface area contributed by atoms with Crippen LogP contribution in [0.4, 0.5) is 11.5 Å². The fourth-order valence-corrected chi connectivity index (χ4v) is 3.98. The molecule has 2 aromatic rings. The first-order valence-corrected chi connectivity index (χ1v) is 12.5. The quantitative estimate of drug-likeness (QED) is 0.120. The Morgan fingerprint density at radius 1 is 1.33 bits per heavy atom. The summed E-state index contributed by atoms with van der Waals surface area (Å²) < 4.78 is 5.87. The zero-order valence-electron chi connectivity index (χ0n) is 21.5. The van der Waals surface area contributed by atoms with Gasteiger partial charge in [-0.05, 0) is 44.4 Å². The Morgan fingerprint density at radius 2 is 2.08 bits per heavy atom. The van der Waals surface area contributed by atoms with Gasteiger partial charge in [-0.2, -0.15) is 4.98 Å². The molecule has 0 aliphatic rings. The molecule has 0 spiro atoms. The van der Waals surface area contributed by atoms with Gasteiger partial charge in [-0.15, -0.1) is 6.58 Å². The Hall–Kier alpha value is -3.39. The number of amidine groups is 1. The topological polar surface area (TPSA) is 87.1 Å². The lowest BCUT2D eigenvalue weighted by Gasteiger charge is -2.33. The molecule has 36 heavy (non-hydrogen) atoms. The molecule has 0 bridgehead atoms. The zero-order chi connectivity index (χ0) is 26.5. The van der Waals surface area contributed by atoms with Gasteiger partial charge < -0.3 is 15.0 Å². The van der Waals surface area contributed by atoms with Gasteiger partial charge in [0.1, 0.15) is 10.9 Å². The fraction of sp³-hybridized carbons (Fsp3) is 0.407. The monoisotopic (exact) mass is 513 g/mol. The Kier molecular flexibility index (Phi) is 11.9. The van der Waals surface area contributed by atoms with Crippen molar-refractivity contribution < 1.29 is 14.3 Å². The first kappa shape index (κ1) is 28.8. The third kappa shape index (κ3) is 7.31. The molecule has 0 saturated heterocycles. The number of hydrogen-bond donors (Lipinski definition) is 1. The van der Waals surface area contributed by atoms with Gasteiger partial charge in [0, 0.05) is 26.2 Å². The van der Waals surface area contributed by atoms with Crippen LogP contribution in [0.5, 0.6) is 5.88 Å². The molecule has 2 rings (SSSR count). The molecule has 0 aliphatic carbocycles. The second-order valence-corrected chi connectivity index (χ2v) is 8.71. The normalized spacial score (nSPS) is 12.0. The number of ether oxygens (including phenoxy) is 1. The summed E-state index contributed by atoms with van der Waals surface area (Å²) in [6.45, 7) is 11.3. The molecule has 0 fully saturated rings. The smallest absolute Gasteiger partial charge is 0.234 e. The SMILES string of the molecule is C=CCCN(/C(=N/C)c1cc(Cl)c(OCCCC)nc1N(C=O)c1ccccc1C)C(C)CNC=O. The van der Waals surface area contributed by atoms with E-state index in [1.54, 1.807) is 13.1 Å². The van der Waals surface area contributed by atoms with Crippen LogP contribution in [0.25, 0.3) is 0 Å². The van der Waals surface area contributed by atoms with Crippen LogP contribution in [0, 0.1) is 6.92 Å². The van der Waals surface area contributed by atoms with Crippen LogP contribution in [0.15, 0.2) is 48.0 Å². The van der Waals surface area contributed by atoms with Crippen LogP contribution >= 0.6 is 11.6 Å². The van der Waals surface area contributed by atoms with E-state index in [9.17, 15) is 9.59 Å². The largest absolute Gasteiger partial charge is 0.477 e. The van der Waals surface area contributed by atoms with E-state index >= 15 is 0 Å². The van der Waals surface area contributed by atoms with Gasteiger partial charge in [0.2, 0.25) is 18.7 Å². The van der Waals surface area contributed by atoms with Crippen molar-refractivity contribution in [1.82, 2.24) is 15.2 Å². The number of unbranched alkanes of at least 4 members (excludes halogenated alkanes) is 1. The number of nitrogens with zero attached hydrogens (tertiary/aromatic N) is 4. The molecule has 0 radical (unpaired) electrons. The number of carbonyl (C=O) groups is 2. The van der Waals surface area contributed by atoms with Crippen LogP contribution in [-0.4, -0.2) is 61.3 Å². The van der Waals surface area contributed by atoms with Crippen LogP contribution in [0.2, 0.25) is 5.02 Å². The zero-order valence-corrected chi connectivity index (χ0v) is 22.3. The minimum atomic E-state index is -0.107. The lowest BCUT2D eigenvalue weighted by atomic mass is 10.1. The number of benzene rings is 1. The molecule has 1 unspecified atom stereocenters. The molecule has 1 heterocycles. The molecule has 9 heteroatoms. The number of amides is 2. The number of nitrogens with one attached hydrogen (secondary N) is 1. The van der Waals surface area contributed by atoms with E-state index in [1.165, 1.54) is 4.90 Å². The first-order chi connectivity index (χ1) is 17.4. The standard InChI is InChI=1S/C27H36ClN5O3/c1-6-8-14-32(21(4)17-30-18-34)25(29-5)22-16-23(28)27(36-15-9-7-2)31-26(22)33(19-35)24-13-11-10-12-20(24)3/h6,10-13,16,18-19,21H,1,7-9,14-15,17H2,2-5H3,(H,30,34)/b29-25+. The maximum Gasteiger partial charge on any atom is 0.234 e. The summed E-state index contributed by atoms with van der Waals surface area (Å²) in [6, 6.07) is 9.20. The minimum Gasteiger partial charge on any atom is -0.477 e. The second-order valence-electron chi connectivity index (χ2n) is 8.30. The number of pyridine rings is 1. The molecule has 1 N–H and O–H groups in total. The van der Waals surface area contributed by atoms with Crippen molar-refractivity contribution in [2.75, 3.05) is 31.6 Å². The third-order valence-corrected chi connectivity index (χ3v) is 5.97. The van der Waals surface area contributed by atoms with E-state index in [4.69, 9.17) is 21.3 Å². The number of halogens is 1. The van der Waals surface area contributed by atoms with Crippen LogP contribution in [-0.2, 0) is 9.59 Å². The highest BCUT2D eigenvalue weighted by Gasteiger charge is 2.27. The molecule has 1 aromatic carbocycles. The highest BCUT2D eigenvalue weighted by Crippen LogP contribution is 2.35. The molecule has 0 aliphatic heterocycles. The maximum atomic E-state index is 12.5. The Balaban J connectivity index is 2.72. The van der Waals surface area contributed by atoms with Gasteiger partial charge in [-0.25, -0.2) is 0 Å². The Bertz CT molecular complexity index is 1060. The molecule has 2 amide bonds. The predicted octanol–water partition coefficient (Wildman–Crippen LogP) is 4.91. The van der Waals surface area contributed by atoms with Crippen molar-refractivity contribution >= 4 is 41.8 Å². The molecule has 1 atom stereocenters. The summed E-state index contributed by atoms with van der Waals surface area (Å²) in [7, 11) is 1.68. The van der Waals surface area contributed by atoms with Crippen molar-refractivity contribution in [3.05, 3.63) is 59.1 Å². The molecular weight excluding hydrogens is 478 g/mol. The van der Waals surface area contributed by atoms with Gasteiger partial charge >= 0.3 is 0 Å². The molecule has 8 nitrogen and oxygen atoms in total. The van der Waals surface area contributed by atoms with Gasteiger partial charge in [-0.1, -0.05) is 49.2 Å². The number of carbonyl (C=O) groups excluding carboxylic acids is 2. The Morgan fingerprint density at radius 3 is 2.69 bits per heavy atom. The van der Waals surface area contributed by atoms with Crippen molar-refractivity contribution in [2.45, 2.75) is 46.1 Å². The van der Waals surface area contributed by atoms with E-state index in [1.807, 2.05) is 49.1 Å². The maximum absolute atomic E-state index is 12.5. The minimum absolute atomic E-state index is 0.107. The van der Waals surface area contributed by atoms with E-state index in [0.717, 1.165) is 24.8 Å². The second kappa shape index (κ2) is 14.9. The van der Waals surface area contributed by atoms with Crippen molar-refractivity contribution in [1.29, 1.82) is 0 Å². The third-order valence-electron chi connectivity index (χ3n) is 5.70.